The fourth-order valence-corrected chi connectivity index (χ4v) is 1.81. The van der Waals surface area contributed by atoms with Crippen LogP contribution in [0.5, 0.6) is 0 Å². The second-order valence-corrected chi connectivity index (χ2v) is 4.74. The Morgan fingerprint density at radius 3 is 2.68 bits per heavy atom. The second-order valence-electron chi connectivity index (χ2n) is 3.30. The molecule has 0 unspecified atom stereocenters. The first-order valence-corrected chi connectivity index (χ1v) is 6.47. The number of alkyl halides is 2. The number of ether oxygens (including phenoxy) is 3. The lowest BCUT2D eigenvalue weighted by Crippen LogP contribution is -2.29. The zero-order chi connectivity index (χ0) is 14.3. The minimum absolute atomic E-state index is 0.0169. The van der Waals surface area contributed by atoms with Crippen LogP contribution in [0.4, 0.5) is 8.78 Å². The van der Waals surface area contributed by atoms with Gasteiger partial charge in [0, 0.05) is 12.5 Å². The first-order valence-electron chi connectivity index (χ1n) is 5.21. The standard InChI is InChI=1S/C10H12ClF2NO4S/c1-16-2-3-17-4-5-18-8(15)10(12,13)7-6-19-9(11)14-7/h6H,2-5H2,1H3. The van der Waals surface area contributed by atoms with Gasteiger partial charge in [0.2, 0.25) is 0 Å². The zero-order valence-corrected chi connectivity index (χ0v) is 11.6. The average molecular weight is 316 g/mol. The summed E-state index contributed by atoms with van der Waals surface area (Å²) < 4.78 is 41.1. The van der Waals surface area contributed by atoms with Gasteiger partial charge in [0.15, 0.2) is 4.47 Å². The Labute approximate surface area is 117 Å². The monoisotopic (exact) mass is 315 g/mol. The summed E-state index contributed by atoms with van der Waals surface area (Å²) in [7, 11) is 1.50. The van der Waals surface area contributed by atoms with Gasteiger partial charge in [-0.25, -0.2) is 9.78 Å². The molecular formula is C10H12ClF2NO4S. The number of rotatable bonds is 8. The van der Waals surface area contributed by atoms with Crippen molar-refractivity contribution in [1.29, 1.82) is 0 Å². The van der Waals surface area contributed by atoms with E-state index in [4.69, 9.17) is 21.1 Å². The molecular weight excluding hydrogens is 304 g/mol. The first kappa shape index (κ1) is 16.2. The molecule has 0 fully saturated rings. The molecule has 0 saturated heterocycles. The lowest BCUT2D eigenvalue weighted by molar-refractivity contribution is -0.175. The molecule has 0 bridgehead atoms. The molecule has 108 valence electrons. The van der Waals surface area contributed by atoms with Crippen molar-refractivity contribution in [3.8, 4) is 0 Å². The van der Waals surface area contributed by atoms with Crippen molar-refractivity contribution in [1.82, 2.24) is 4.98 Å². The van der Waals surface area contributed by atoms with Gasteiger partial charge in [0.05, 0.1) is 19.8 Å². The van der Waals surface area contributed by atoms with E-state index in [2.05, 4.69) is 9.72 Å². The van der Waals surface area contributed by atoms with Gasteiger partial charge in [-0.2, -0.15) is 8.78 Å². The zero-order valence-electron chi connectivity index (χ0n) is 10.0. The molecule has 9 heteroatoms. The average Bonchev–Trinajstić information content (AvgIpc) is 2.80. The molecule has 1 aromatic rings. The van der Waals surface area contributed by atoms with E-state index >= 15 is 0 Å². The SMILES string of the molecule is COCCOCCOC(=O)C(F)(F)c1csc(Cl)n1. The van der Waals surface area contributed by atoms with Crippen molar-refractivity contribution in [3.05, 3.63) is 15.5 Å². The van der Waals surface area contributed by atoms with Crippen LogP contribution in [0.3, 0.4) is 0 Å². The van der Waals surface area contributed by atoms with Gasteiger partial charge in [-0.15, -0.1) is 11.3 Å². The van der Waals surface area contributed by atoms with Gasteiger partial charge in [0.25, 0.3) is 0 Å². The van der Waals surface area contributed by atoms with Crippen molar-refractivity contribution in [2.75, 3.05) is 33.5 Å². The Morgan fingerprint density at radius 1 is 1.42 bits per heavy atom. The van der Waals surface area contributed by atoms with E-state index in [-0.39, 0.29) is 17.7 Å². The molecule has 0 atom stereocenters. The molecule has 0 saturated carbocycles. The highest BCUT2D eigenvalue weighted by Gasteiger charge is 2.45. The molecule has 5 nitrogen and oxygen atoms in total. The lowest BCUT2D eigenvalue weighted by atomic mass is 10.3. The number of carbonyl (C=O) groups excluding carboxylic acids is 1. The van der Waals surface area contributed by atoms with Crippen molar-refractivity contribution < 1.29 is 27.8 Å². The Morgan fingerprint density at radius 2 is 2.11 bits per heavy atom. The fourth-order valence-electron chi connectivity index (χ4n) is 1.03. The quantitative estimate of drug-likeness (QED) is 0.543. The van der Waals surface area contributed by atoms with Crippen LogP contribution in [0, 0.1) is 0 Å². The minimum Gasteiger partial charge on any atom is -0.458 e. The summed E-state index contributed by atoms with van der Waals surface area (Å²) >= 11 is 6.25. The van der Waals surface area contributed by atoms with Gasteiger partial charge >= 0.3 is 11.9 Å². The van der Waals surface area contributed by atoms with Crippen LogP contribution in [0.15, 0.2) is 5.38 Å². The van der Waals surface area contributed by atoms with Crippen molar-refractivity contribution in [2.45, 2.75) is 5.92 Å². The first-order chi connectivity index (χ1) is 8.98. The van der Waals surface area contributed by atoms with Gasteiger partial charge in [-0.1, -0.05) is 11.6 Å². The van der Waals surface area contributed by atoms with Gasteiger partial charge in [-0.3, -0.25) is 0 Å². The number of methoxy groups -OCH3 is 1. The van der Waals surface area contributed by atoms with E-state index in [1.807, 2.05) is 0 Å². The fraction of sp³-hybridized carbons (Fsp3) is 0.600. The summed E-state index contributed by atoms with van der Waals surface area (Å²) in [6.45, 7) is 0.423. The maximum atomic E-state index is 13.5. The van der Waals surface area contributed by atoms with Gasteiger partial charge < -0.3 is 14.2 Å². The third-order valence-electron chi connectivity index (χ3n) is 1.95. The Balaban J connectivity index is 2.36. The van der Waals surface area contributed by atoms with E-state index in [0.717, 1.165) is 16.7 Å². The van der Waals surface area contributed by atoms with E-state index in [1.54, 1.807) is 0 Å². The normalized spacial score (nSPS) is 11.6. The van der Waals surface area contributed by atoms with Crippen molar-refractivity contribution >= 4 is 28.9 Å². The Hall–Kier alpha value is -0.830. The minimum atomic E-state index is -3.81. The van der Waals surface area contributed by atoms with Gasteiger partial charge in [-0.05, 0) is 0 Å². The van der Waals surface area contributed by atoms with Crippen molar-refractivity contribution in [2.24, 2.45) is 0 Å². The summed E-state index contributed by atoms with van der Waals surface area (Å²) in [6.07, 6.45) is 0. The molecule has 0 aliphatic carbocycles. The molecule has 0 amide bonds. The van der Waals surface area contributed by atoms with Crippen LogP contribution in [0.25, 0.3) is 0 Å². The molecule has 0 aliphatic rings. The molecule has 0 N–H and O–H groups in total. The van der Waals surface area contributed by atoms with Crippen molar-refractivity contribution in [3.63, 3.8) is 0 Å². The summed E-state index contributed by atoms with van der Waals surface area (Å²) in [5.74, 6) is -5.49. The maximum absolute atomic E-state index is 13.5. The number of hydrogen-bond donors (Lipinski definition) is 0. The number of hydrogen-bond acceptors (Lipinski definition) is 6. The van der Waals surface area contributed by atoms with Gasteiger partial charge in [0.1, 0.15) is 12.3 Å². The van der Waals surface area contributed by atoms with Crippen LogP contribution in [-0.2, 0) is 24.9 Å². The molecule has 0 aromatic carbocycles. The van der Waals surface area contributed by atoms with E-state index in [9.17, 15) is 13.6 Å². The smallest absolute Gasteiger partial charge is 0.385 e. The highest BCUT2D eigenvalue weighted by Crippen LogP contribution is 2.31. The number of aromatic nitrogens is 1. The van der Waals surface area contributed by atoms with E-state index in [1.165, 1.54) is 7.11 Å². The molecule has 0 aliphatic heterocycles. The number of esters is 1. The Bertz CT molecular complexity index is 416. The third kappa shape index (κ3) is 4.98. The van der Waals surface area contributed by atoms with E-state index in [0.29, 0.717) is 13.2 Å². The summed E-state index contributed by atoms with van der Waals surface area (Å²) in [5.41, 5.74) is -0.715. The number of carbonyl (C=O) groups is 1. The molecule has 0 spiro atoms. The second kappa shape index (κ2) is 7.68. The predicted molar refractivity (Wildman–Crippen MR) is 64.7 cm³/mol. The third-order valence-corrected chi connectivity index (χ3v) is 2.93. The molecule has 19 heavy (non-hydrogen) atoms. The molecule has 1 heterocycles. The molecule has 1 aromatic heterocycles. The van der Waals surface area contributed by atoms with E-state index < -0.39 is 17.6 Å². The summed E-state index contributed by atoms with van der Waals surface area (Å²) in [5, 5.41) is 1.01. The number of thiazole rings is 1. The Kier molecular flexibility index (Phi) is 6.56. The van der Waals surface area contributed by atoms with Crippen LogP contribution in [-0.4, -0.2) is 44.5 Å². The maximum Gasteiger partial charge on any atom is 0.385 e. The summed E-state index contributed by atoms with van der Waals surface area (Å²) in [6, 6.07) is 0. The van der Waals surface area contributed by atoms with Crippen LogP contribution in [0.2, 0.25) is 4.47 Å². The highest BCUT2D eigenvalue weighted by molar-refractivity contribution is 7.14. The topological polar surface area (TPSA) is 57.7 Å². The largest absolute Gasteiger partial charge is 0.458 e. The number of halogens is 3. The summed E-state index contributed by atoms with van der Waals surface area (Å²) in [4.78, 5) is 14.6. The van der Waals surface area contributed by atoms with Crippen LogP contribution < -0.4 is 0 Å². The highest BCUT2D eigenvalue weighted by atomic mass is 35.5. The lowest BCUT2D eigenvalue weighted by Gasteiger charge is -2.12. The van der Waals surface area contributed by atoms with Crippen LogP contribution in [0.1, 0.15) is 5.69 Å². The predicted octanol–water partition coefficient (Wildman–Crippen LogP) is 2.09. The molecule has 0 radical (unpaired) electrons. The van der Waals surface area contributed by atoms with Crippen LogP contribution >= 0.6 is 22.9 Å². The number of nitrogens with zero attached hydrogens (tertiary/aromatic N) is 1. The molecule has 1 rings (SSSR count).